The van der Waals surface area contributed by atoms with E-state index in [1.54, 1.807) is 12.1 Å². The third-order valence-electron chi connectivity index (χ3n) is 3.01. The minimum Gasteiger partial charge on any atom is -0.296 e. The van der Waals surface area contributed by atoms with Crippen LogP contribution in [0.2, 0.25) is 10.2 Å². The molecule has 0 N–H and O–H groups in total. The summed E-state index contributed by atoms with van der Waals surface area (Å²) in [6.07, 6.45) is 0. The summed E-state index contributed by atoms with van der Waals surface area (Å²) >= 11 is 12.0. The van der Waals surface area contributed by atoms with E-state index in [2.05, 4.69) is 35.0 Å². The van der Waals surface area contributed by atoms with E-state index in [1.807, 2.05) is 13.1 Å². The average molecular weight is 295 g/mol. The summed E-state index contributed by atoms with van der Waals surface area (Å²) in [5.74, 6) is 0. The van der Waals surface area contributed by atoms with Gasteiger partial charge in [0, 0.05) is 13.1 Å². The Hall–Kier alpha value is -1.09. The molecule has 0 aliphatic heterocycles. The van der Waals surface area contributed by atoms with E-state index in [0.717, 1.165) is 12.2 Å². The molecule has 100 valence electrons. The van der Waals surface area contributed by atoms with Gasteiger partial charge in [-0.15, -0.1) is 0 Å². The van der Waals surface area contributed by atoms with Crippen LogP contribution in [0.4, 0.5) is 0 Å². The molecule has 2 rings (SSSR count). The number of aromatic nitrogens is 1. The molecule has 0 atom stereocenters. The number of hydrogen-bond acceptors (Lipinski definition) is 2. The second-order valence-corrected chi connectivity index (χ2v) is 5.46. The summed E-state index contributed by atoms with van der Waals surface area (Å²) in [5, 5.41) is 1.13. The van der Waals surface area contributed by atoms with E-state index in [0.29, 0.717) is 16.7 Å². The maximum Gasteiger partial charge on any atom is 0.129 e. The Morgan fingerprint density at radius 3 is 2.53 bits per heavy atom. The zero-order valence-electron chi connectivity index (χ0n) is 11.0. The molecule has 2 nitrogen and oxygen atoms in total. The lowest BCUT2D eigenvalue weighted by Crippen LogP contribution is -2.18. The fourth-order valence-corrected chi connectivity index (χ4v) is 2.29. The highest BCUT2D eigenvalue weighted by Gasteiger charge is 2.08. The lowest BCUT2D eigenvalue weighted by atomic mass is 10.1. The minimum atomic E-state index is 0.476. The van der Waals surface area contributed by atoms with Crippen molar-refractivity contribution >= 4 is 23.2 Å². The van der Waals surface area contributed by atoms with Gasteiger partial charge in [0.25, 0.3) is 0 Å². The molecule has 4 heteroatoms. The molecule has 1 heterocycles. The second kappa shape index (κ2) is 6.38. The fourth-order valence-electron chi connectivity index (χ4n) is 1.96. The molecule has 1 aromatic carbocycles. The van der Waals surface area contributed by atoms with Crippen molar-refractivity contribution in [1.29, 1.82) is 0 Å². The molecule has 0 saturated heterocycles. The van der Waals surface area contributed by atoms with E-state index < -0.39 is 0 Å². The van der Waals surface area contributed by atoms with E-state index >= 15 is 0 Å². The summed E-state index contributed by atoms with van der Waals surface area (Å²) in [6, 6.07) is 11.9. The molecule has 0 fully saturated rings. The number of hydrogen-bond donors (Lipinski definition) is 0. The summed E-state index contributed by atoms with van der Waals surface area (Å²) in [6.45, 7) is 3.65. The van der Waals surface area contributed by atoms with Crippen LogP contribution in [0, 0.1) is 6.92 Å². The van der Waals surface area contributed by atoms with Crippen LogP contribution in [0.25, 0.3) is 0 Å². The number of halogens is 2. The highest BCUT2D eigenvalue weighted by molar-refractivity contribution is 6.32. The van der Waals surface area contributed by atoms with Crippen LogP contribution < -0.4 is 0 Å². The molecule has 0 unspecified atom stereocenters. The normalized spacial score (nSPS) is 11.0. The van der Waals surface area contributed by atoms with Crippen LogP contribution >= 0.6 is 23.2 Å². The van der Waals surface area contributed by atoms with Crippen LogP contribution in [0.1, 0.15) is 16.8 Å². The molecule has 19 heavy (non-hydrogen) atoms. The maximum atomic E-state index is 6.13. The third kappa shape index (κ3) is 3.93. The molecule has 0 radical (unpaired) electrons. The van der Waals surface area contributed by atoms with Gasteiger partial charge in [-0.1, -0.05) is 47.5 Å². The van der Waals surface area contributed by atoms with Gasteiger partial charge >= 0.3 is 0 Å². The molecule has 0 amide bonds. The molecule has 0 spiro atoms. The van der Waals surface area contributed by atoms with Gasteiger partial charge in [-0.2, -0.15) is 0 Å². The number of pyridine rings is 1. The molecule has 0 bridgehead atoms. The molecular formula is C15H16Cl2N2. The van der Waals surface area contributed by atoms with E-state index in [4.69, 9.17) is 23.2 Å². The highest BCUT2D eigenvalue weighted by atomic mass is 35.5. The predicted molar refractivity (Wildman–Crippen MR) is 80.6 cm³/mol. The Labute approximate surface area is 124 Å². The predicted octanol–water partition coefficient (Wildman–Crippen LogP) is 4.33. The van der Waals surface area contributed by atoms with Crippen LogP contribution in [0.5, 0.6) is 0 Å². The molecule has 0 saturated carbocycles. The van der Waals surface area contributed by atoms with Gasteiger partial charge < -0.3 is 0 Å². The van der Waals surface area contributed by atoms with Gasteiger partial charge in [0.15, 0.2) is 0 Å². The standard InChI is InChI=1S/C15H16Cl2N2/c1-11-5-3-4-6-12(11)9-19(2)10-14-13(16)7-8-15(17)18-14/h3-8H,9-10H2,1-2H3. The van der Waals surface area contributed by atoms with Gasteiger partial charge in [0.1, 0.15) is 5.15 Å². The van der Waals surface area contributed by atoms with Crippen molar-refractivity contribution < 1.29 is 0 Å². The van der Waals surface area contributed by atoms with Crippen LogP contribution in [-0.2, 0) is 13.1 Å². The molecular weight excluding hydrogens is 279 g/mol. The monoisotopic (exact) mass is 294 g/mol. The Balaban J connectivity index is 2.07. The van der Waals surface area contributed by atoms with Crippen molar-refractivity contribution in [2.45, 2.75) is 20.0 Å². The van der Waals surface area contributed by atoms with Crippen molar-refractivity contribution in [2.75, 3.05) is 7.05 Å². The van der Waals surface area contributed by atoms with Gasteiger partial charge in [0.2, 0.25) is 0 Å². The summed E-state index contributed by atoms with van der Waals surface area (Å²) in [5.41, 5.74) is 3.41. The maximum absolute atomic E-state index is 6.13. The number of nitrogens with zero attached hydrogens (tertiary/aromatic N) is 2. The number of benzene rings is 1. The smallest absolute Gasteiger partial charge is 0.129 e. The summed E-state index contributed by atoms with van der Waals surface area (Å²) < 4.78 is 0. The highest BCUT2D eigenvalue weighted by Crippen LogP contribution is 2.19. The van der Waals surface area contributed by atoms with Crippen molar-refractivity contribution in [1.82, 2.24) is 9.88 Å². The van der Waals surface area contributed by atoms with Crippen molar-refractivity contribution in [3.63, 3.8) is 0 Å². The van der Waals surface area contributed by atoms with Crippen LogP contribution in [0.3, 0.4) is 0 Å². The number of rotatable bonds is 4. The number of aryl methyl sites for hydroxylation is 1. The first kappa shape index (κ1) is 14.3. The third-order valence-corrected chi connectivity index (χ3v) is 3.56. The molecule has 2 aromatic rings. The first-order valence-electron chi connectivity index (χ1n) is 6.10. The topological polar surface area (TPSA) is 16.1 Å². The molecule has 0 aliphatic rings. The van der Waals surface area contributed by atoms with Crippen LogP contribution in [0.15, 0.2) is 36.4 Å². The van der Waals surface area contributed by atoms with Crippen molar-refractivity contribution in [3.8, 4) is 0 Å². The Morgan fingerprint density at radius 2 is 1.79 bits per heavy atom. The van der Waals surface area contributed by atoms with Gasteiger partial charge in [-0.25, -0.2) is 4.98 Å². The van der Waals surface area contributed by atoms with E-state index in [9.17, 15) is 0 Å². The average Bonchev–Trinajstić information content (AvgIpc) is 2.37. The Bertz CT molecular complexity index is 570. The lowest BCUT2D eigenvalue weighted by molar-refractivity contribution is 0.314. The van der Waals surface area contributed by atoms with E-state index in [1.165, 1.54) is 11.1 Å². The SMILES string of the molecule is Cc1ccccc1CN(C)Cc1nc(Cl)ccc1Cl. The first-order valence-corrected chi connectivity index (χ1v) is 6.86. The molecule has 0 aliphatic carbocycles. The fraction of sp³-hybridized carbons (Fsp3) is 0.267. The van der Waals surface area contributed by atoms with E-state index in [-0.39, 0.29) is 0 Å². The van der Waals surface area contributed by atoms with Gasteiger partial charge in [-0.05, 0) is 37.2 Å². The first-order chi connectivity index (χ1) is 9.06. The lowest BCUT2D eigenvalue weighted by Gasteiger charge is -2.18. The van der Waals surface area contributed by atoms with Crippen LogP contribution in [-0.4, -0.2) is 16.9 Å². The quantitative estimate of drug-likeness (QED) is 0.780. The second-order valence-electron chi connectivity index (χ2n) is 4.66. The summed E-state index contributed by atoms with van der Waals surface area (Å²) in [4.78, 5) is 6.44. The van der Waals surface area contributed by atoms with Crippen molar-refractivity contribution in [2.24, 2.45) is 0 Å². The Kier molecular flexibility index (Phi) is 4.81. The van der Waals surface area contributed by atoms with Crippen molar-refractivity contribution in [3.05, 3.63) is 63.4 Å². The zero-order valence-corrected chi connectivity index (χ0v) is 12.5. The molecule has 1 aromatic heterocycles. The largest absolute Gasteiger partial charge is 0.296 e. The van der Waals surface area contributed by atoms with Gasteiger partial charge in [-0.3, -0.25) is 4.90 Å². The summed E-state index contributed by atoms with van der Waals surface area (Å²) in [7, 11) is 2.05. The van der Waals surface area contributed by atoms with Gasteiger partial charge in [0.05, 0.1) is 10.7 Å². The zero-order chi connectivity index (χ0) is 13.8. The minimum absolute atomic E-state index is 0.476. The Morgan fingerprint density at radius 1 is 1.05 bits per heavy atom.